The Labute approximate surface area is 190 Å². The maximum atomic E-state index is 14.0. The fourth-order valence-corrected chi connectivity index (χ4v) is 3.94. The molecule has 0 radical (unpaired) electrons. The Morgan fingerprint density at radius 1 is 0.848 bits per heavy atom. The van der Waals surface area contributed by atoms with E-state index in [1.165, 1.54) is 29.2 Å². The molecule has 0 aromatic heterocycles. The Morgan fingerprint density at radius 2 is 1.55 bits per heavy atom. The molecule has 3 aromatic carbocycles. The van der Waals surface area contributed by atoms with E-state index in [2.05, 4.69) is 5.32 Å². The zero-order valence-electron chi connectivity index (χ0n) is 17.9. The summed E-state index contributed by atoms with van der Waals surface area (Å²) in [6.07, 6.45) is 3.71. The molecule has 4 nitrogen and oxygen atoms in total. The number of hydrogen-bond donors (Lipinski definition) is 1. The van der Waals surface area contributed by atoms with Crippen molar-refractivity contribution in [3.05, 3.63) is 94.8 Å². The second-order valence-corrected chi connectivity index (χ2v) is 8.06. The van der Waals surface area contributed by atoms with Crippen molar-refractivity contribution in [3.63, 3.8) is 0 Å². The minimum absolute atomic E-state index is 0.0110. The first-order valence-electron chi connectivity index (χ1n) is 10.9. The van der Waals surface area contributed by atoms with E-state index in [1.807, 2.05) is 12.1 Å². The Kier molecular flexibility index (Phi) is 6.77. The SMILES string of the molecule is O=C(CCCCCc1ccc(N2Cc3c(F)ccc(F)c3C2=O)cc1)Nc1ccc(F)cc1. The molecule has 1 aliphatic rings. The van der Waals surface area contributed by atoms with E-state index in [0.29, 0.717) is 17.8 Å². The molecule has 0 spiro atoms. The maximum Gasteiger partial charge on any atom is 0.262 e. The molecule has 0 atom stereocenters. The molecule has 2 amide bonds. The van der Waals surface area contributed by atoms with Crippen LogP contribution in [-0.4, -0.2) is 11.8 Å². The molecule has 0 fully saturated rings. The van der Waals surface area contributed by atoms with Crippen molar-refractivity contribution in [1.29, 1.82) is 0 Å². The lowest BCUT2D eigenvalue weighted by Gasteiger charge is -2.16. The van der Waals surface area contributed by atoms with Gasteiger partial charge in [-0.2, -0.15) is 0 Å². The molecule has 7 heteroatoms. The van der Waals surface area contributed by atoms with Crippen LogP contribution in [0.5, 0.6) is 0 Å². The van der Waals surface area contributed by atoms with Gasteiger partial charge < -0.3 is 10.2 Å². The van der Waals surface area contributed by atoms with Gasteiger partial charge >= 0.3 is 0 Å². The molecular weight excluding hydrogens is 429 g/mol. The molecule has 0 saturated carbocycles. The van der Waals surface area contributed by atoms with Gasteiger partial charge in [0.05, 0.1) is 12.1 Å². The van der Waals surface area contributed by atoms with Crippen molar-refractivity contribution in [2.24, 2.45) is 0 Å². The molecule has 4 rings (SSSR count). The Bertz CT molecular complexity index is 1160. The van der Waals surface area contributed by atoms with Crippen LogP contribution in [-0.2, 0) is 17.8 Å². The summed E-state index contributed by atoms with van der Waals surface area (Å²) in [6.45, 7) is 0.0110. The summed E-state index contributed by atoms with van der Waals surface area (Å²) < 4.78 is 40.9. The maximum absolute atomic E-state index is 14.0. The number of amides is 2. The number of hydrogen-bond acceptors (Lipinski definition) is 2. The van der Waals surface area contributed by atoms with Crippen molar-refractivity contribution in [3.8, 4) is 0 Å². The summed E-state index contributed by atoms with van der Waals surface area (Å²) in [5, 5.41) is 2.74. The molecule has 3 aromatic rings. The Balaban J connectivity index is 1.22. The van der Waals surface area contributed by atoms with Gasteiger partial charge in [0.1, 0.15) is 17.5 Å². The molecule has 170 valence electrons. The van der Waals surface area contributed by atoms with Crippen molar-refractivity contribution in [1.82, 2.24) is 0 Å². The number of benzene rings is 3. The molecule has 0 saturated heterocycles. The number of carbonyl (C=O) groups excluding carboxylic acids is 2. The predicted molar refractivity (Wildman–Crippen MR) is 121 cm³/mol. The number of halogens is 3. The number of anilines is 2. The quantitative estimate of drug-likeness (QED) is 0.426. The van der Waals surface area contributed by atoms with Gasteiger partial charge in [-0.25, -0.2) is 13.2 Å². The molecule has 33 heavy (non-hydrogen) atoms. The zero-order valence-corrected chi connectivity index (χ0v) is 17.9. The summed E-state index contributed by atoms with van der Waals surface area (Å²) in [5.41, 5.74) is 2.15. The van der Waals surface area contributed by atoms with Crippen molar-refractivity contribution in [2.45, 2.75) is 38.6 Å². The van der Waals surface area contributed by atoms with E-state index < -0.39 is 17.5 Å². The fourth-order valence-electron chi connectivity index (χ4n) is 3.94. The minimum Gasteiger partial charge on any atom is -0.326 e. The number of nitrogens with one attached hydrogen (secondary N) is 1. The van der Waals surface area contributed by atoms with Crippen molar-refractivity contribution >= 4 is 23.2 Å². The molecular formula is C26H23F3N2O2. The van der Waals surface area contributed by atoms with Crippen molar-refractivity contribution < 1.29 is 22.8 Å². The van der Waals surface area contributed by atoms with Gasteiger partial charge in [-0.1, -0.05) is 18.6 Å². The molecule has 0 unspecified atom stereocenters. The van der Waals surface area contributed by atoms with Gasteiger partial charge in [-0.15, -0.1) is 0 Å². The van der Waals surface area contributed by atoms with Crippen LogP contribution in [0.2, 0.25) is 0 Å². The topological polar surface area (TPSA) is 49.4 Å². The first-order valence-corrected chi connectivity index (χ1v) is 10.9. The smallest absolute Gasteiger partial charge is 0.262 e. The zero-order chi connectivity index (χ0) is 23.4. The largest absolute Gasteiger partial charge is 0.326 e. The van der Waals surface area contributed by atoms with Crippen LogP contribution in [0.1, 0.15) is 47.2 Å². The van der Waals surface area contributed by atoms with Crippen LogP contribution in [0.3, 0.4) is 0 Å². The van der Waals surface area contributed by atoms with Gasteiger partial charge in [0.25, 0.3) is 5.91 Å². The summed E-state index contributed by atoms with van der Waals surface area (Å²) in [4.78, 5) is 25.9. The third-order valence-electron chi connectivity index (χ3n) is 5.73. The summed E-state index contributed by atoms with van der Waals surface area (Å²) >= 11 is 0. The van der Waals surface area contributed by atoms with Gasteiger partial charge in [-0.3, -0.25) is 9.59 Å². The standard InChI is InChI=1S/C26H23F3N2O2/c27-18-8-10-19(11-9-18)30-24(32)5-3-1-2-4-17-6-12-20(13-7-17)31-16-21-22(28)14-15-23(29)25(21)26(31)33/h6-15H,1-5,16H2,(H,30,32). The van der Waals surface area contributed by atoms with Crippen LogP contribution in [0, 0.1) is 17.5 Å². The third-order valence-corrected chi connectivity index (χ3v) is 5.73. The normalized spacial score (nSPS) is 12.7. The Hall–Kier alpha value is -3.61. The highest BCUT2D eigenvalue weighted by Crippen LogP contribution is 2.31. The minimum atomic E-state index is -0.707. The first kappa shape index (κ1) is 22.6. The van der Waals surface area contributed by atoms with Crippen LogP contribution in [0.4, 0.5) is 24.5 Å². The van der Waals surface area contributed by atoms with E-state index >= 15 is 0 Å². The molecule has 1 N–H and O–H groups in total. The first-order chi connectivity index (χ1) is 15.9. The van der Waals surface area contributed by atoms with Crippen LogP contribution >= 0.6 is 0 Å². The number of rotatable bonds is 8. The lowest BCUT2D eigenvalue weighted by molar-refractivity contribution is -0.116. The van der Waals surface area contributed by atoms with E-state index in [4.69, 9.17) is 0 Å². The average molecular weight is 452 g/mol. The van der Waals surface area contributed by atoms with E-state index in [-0.39, 0.29) is 29.4 Å². The van der Waals surface area contributed by atoms with Crippen molar-refractivity contribution in [2.75, 3.05) is 10.2 Å². The molecule has 1 heterocycles. The number of carbonyl (C=O) groups is 2. The number of nitrogens with zero attached hydrogens (tertiary/aromatic N) is 1. The molecule has 1 aliphatic heterocycles. The van der Waals surface area contributed by atoms with Gasteiger partial charge in [0.15, 0.2) is 0 Å². The van der Waals surface area contributed by atoms with E-state index in [9.17, 15) is 22.8 Å². The number of fused-ring (bicyclic) bond motifs is 1. The predicted octanol–water partition coefficient (Wildman–Crippen LogP) is 6.01. The van der Waals surface area contributed by atoms with Crippen LogP contribution in [0.15, 0.2) is 60.7 Å². The number of aryl methyl sites for hydroxylation is 1. The highest BCUT2D eigenvalue weighted by molar-refractivity contribution is 6.10. The van der Waals surface area contributed by atoms with Gasteiger partial charge in [0.2, 0.25) is 5.91 Å². The summed E-state index contributed by atoms with van der Waals surface area (Å²) in [5.74, 6) is -2.27. The van der Waals surface area contributed by atoms with E-state index in [0.717, 1.165) is 43.4 Å². The molecule has 0 bridgehead atoms. The second kappa shape index (κ2) is 9.90. The van der Waals surface area contributed by atoms with Crippen LogP contribution < -0.4 is 10.2 Å². The van der Waals surface area contributed by atoms with Gasteiger partial charge in [0, 0.05) is 23.4 Å². The van der Waals surface area contributed by atoms with Crippen LogP contribution in [0.25, 0.3) is 0 Å². The lowest BCUT2D eigenvalue weighted by Crippen LogP contribution is -2.23. The third kappa shape index (κ3) is 5.25. The monoisotopic (exact) mass is 452 g/mol. The lowest BCUT2D eigenvalue weighted by atomic mass is 10.1. The molecule has 0 aliphatic carbocycles. The summed E-state index contributed by atoms with van der Waals surface area (Å²) in [7, 11) is 0. The average Bonchev–Trinajstić information content (AvgIpc) is 3.16. The Morgan fingerprint density at radius 3 is 2.24 bits per heavy atom. The highest BCUT2D eigenvalue weighted by Gasteiger charge is 2.33. The highest BCUT2D eigenvalue weighted by atomic mass is 19.1. The number of unbranched alkanes of at least 4 members (excludes halogenated alkanes) is 2. The van der Waals surface area contributed by atoms with E-state index in [1.54, 1.807) is 12.1 Å². The van der Waals surface area contributed by atoms with Gasteiger partial charge in [-0.05, 0) is 73.4 Å². The second-order valence-electron chi connectivity index (χ2n) is 8.06. The fraction of sp³-hybridized carbons (Fsp3) is 0.231. The summed E-state index contributed by atoms with van der Waals surface area (Å²) in [6, 6.07) is 15.0.